The lowest BCUT2D eigenvalue weighted by Crippen LogP contribution is -2.28. The van der Waals surface area contributed by atoms with Crippen LogP contribution in [0.4, 0.5) is 0 Å². The number of carbonyl (C=O) groups excluding carboxylic acids is 3. The van der Waals surface area contributed by atoms with Gasteiger partial charge in [-0.1, -0.05) is 146 Å². The summed E-state index contributed by atoms with van der Waals surface area (Å²) in [7, 11) is 0. The first-order valence-electron chi connectivity index (χ1n) is 18.1. The topological polar surface area (TPSA) is 89.9 Å². The molecule has 1 N–H and O–H groups in total. The van der Waals surface area contributed by atoms with Crippen molar-refractivity contribution in [3.8, 4) is 0 Å². The molecular formula is C39H66O6. The summed E-state index contributed by atoms with van der Waals surface area (Å²) in [5.41, 5.74) is 0. The van der Waals surface area contributed by atoms with Gasteiger partial charge in [0.25, 0.3) is 0 Å². The van der Waals surface area contributed by atoms with Gasteiger partial charge < -0.3 is 14.6 Å². The van der Waals surface area contributed by atoms with E-state index in [0.29, 0.717) is 19.3 Å². The molecule has 0 aliphatic heterocycles. The highest BCUT2D eigenvalue weighted by Crippen LogP contribution is 2.13. The summed E-state index contributed by atoms with van der Waals surface area (Å²) in [6.07, 6.45) is 38.6. The monoisotopic (exact) mass is 630 g/mol. The molecule has 1 atom stereocenters. The number of esters is 2. The third-order valence-electron chi connectivity index (χ3n) is 7.60. The first-order chi connectivity index (χ1) is 22.0. The normalized spacial score (nSPS) is 12.6. The smallest absolute Gasteiger partial charge is 0.306 e. The molecular weight excluding hydrogens is 564 g/mol. The Kier molecular flexibility index (Phi) is 32.5. The zero-order valence-electron chi connectivity index (χ0n) is 28.9. The average molecular weight is 631 g/mol. The second-order valence-electron chi connectivity index (χ2n) is 12.0. The van der Waals surface area contributed by atoms with E-state index in [1.54, 1.807) is 6.08 Å². The number of allylic oxidation sites excluding steroid dienone is 8. The molecule has 0 spiro atoms. The van der Waals surface area contributed by atoms with E-state index in [-0.39, 0.29) is 31.4 Å². The quantitative estimate of drug-likeness (QED) is 0.0261. The summed E-state index contributed by atoms with van der Waals surface area (Å²) in [6.45, 7) is 3.91. The van der Waals surface area contributed by atoms with Crippen LogP contribution in [0.25, 0.3) is 0 Å². The van der Waals surface area contributed by atoms with Gasteiger partial charge >= 0.3 is 11.9 Å². The van der Waals surface area contributed by atoms with Crippen LogP contribution in [0.1, 0.15) is 162 Å². The molecule has 0 saturated heterocycles. The third kappa shape index (κ3) is 32.7. The van der Waals surface area contributed by atoms with Gasteiger partial charge in [0.2, 0.25) is 0 Å². The number of aliphatic hydroxyl groups is 1. The molecule has 6 heteroatoms. The second kappa shape index (κ2) is 34.4. The molecule has 6 nitrogen and oxygen atoms in total. The summed E-state index contributed by atoms with van der Waals surface area (Å²) in [5, 5.41) is 9.51. The van der Waals surface area contributed by atoms with Gasteiger partial charge in [-0.05, 0) is 44.6 Å². The fourth-order valence-corrected chi connectivity index (χ4v) is 4.79. The van der Waals surface area contributed by atoms with Crippen molar-refractivity contribution in [1.82, 2.24) is 0 Å². The lowest BCUT2D eigenvalue weighted by molar-refractivity contribution is -0.161. The first-order valence-corrected chi connectivity index (χ1v) is 18.1. The Hall–Kier alpha value is -2.47. The van der Waals surface area contributed by atoms with Crippen LogP contribution in [-0.4, -0.2) is 42.1 Å². The number of hydrogen-bond donors (Lipinski definition) is 1. The SMILES string of the molecule is CCCCCCCCCCCCCCCC(=O)OC[C@H](CO)OC(=O)CCC/C=C\C/C=C\C/C=C\C=C\C(=O)CCCCC. The van der Waals surface area contributed by atoms with Crippen LogP contribution in [0, 0.1) is 0 Å². The van der Waals surface area contributed by atoms with Gasteiger partial charge in [0, 0.05) is 19.3 Å². The fraction of sp³-hybridized carbons (Fsp3) is 0.718. The third-order valence-corrected chi connectivity index (χ3v) is 7.60. The largest absolute Gasteiger partial charge is 0.462 e. The summed E-state index contributed by atoms with van der Waals surface area (Å²) < 4.78 is 10.5. The fourth-order valence-electron chi connectivity index (χ4n) is 4.79. The van der Waals surface area contributed by atoms with Gasteiger partial charge in [-0.3, -0.25) is 14.4 Å². The van der Waals surface area contributed by atoms with Crippen molar-refractivity contribution >= 4 is 17.7 Å². The van der Waals surface area contributed by atoms with Crippen molar-refractivity contribution in [2.45, 2.75) is 168 Å². The Morgan fingerprint density at radius 1 is 0.578 bits per heavy atom. The summed E-state index contributed by atoms with van der Waals surface area (Å²) >= 11 is 0. The van der Waals surface area contributed by atoms with Gasteiger partial charge in [-0.25, -0.2) is 0 Å². The number of carbonyl (C=O) groups is 3. The molecule has 258 valence electrons. The van der Waals surface area contributed by atoms with E-state index in [1.165, 1.54) is 64.2 Å². The molecule has 0 bridgehead atoms. The molecule has 0 aliphatic carbocycles. The van der Waals surface area contributed by atoms with Crippen LogP contribution < -0.4 is 0 Å². The minimum absolute atomic E-state index is 0.103. The average Bonchev–Trinajstić information content (AvgIpc) is 3.03. The number of hydrogen-bond acceptors (Lipinski definition) is 6. The number of rotatable bonds is 32. The Morgan fingerprint density at radius 2 is 1.09 bits per heavy atom. The Bertz CT molecular complexity index is 825. The van der Waals surface area contributed by atoms with Gasteiger partial charge in [-0.15, -0.1) is 0 Å². The molecule has 0 radical (unpaired) electrons. The molecule has 0 heterocycles. The maximum atomic E-state index is 12.1. The molecule has 0 aromatic carbocycles. The Labute approximate surface area is 275 Å². The molecule has 0 amide bonds. The second-order valence-corrected chi connectivity index (χ2v) is 12.0. The van der Waals surface area contributed by atoms with Crippen molar-refractivity contribution < 1.29 is 29.0 Å². The Balaban J connectivity index is 3.74. The summed E-state index contributed by atoms with van der Waals surface area (Å²) in [5.74, 6) is -0.506. The number of ether oxygens (including phenoxy) is 2. The van der Waals surface area contributed by atoms with Gasteiger partial charge in [0.15, 0.2) is 11.9 Å². The van der Waals surface area contributed by atoms with E-state index in [1.807, 2.05) is 24.3 Å². The minimum atomic E-state index is -0.815. The lowest BCUT2D eigenvalue weighted by Gasteiger charge is -2.15. The Morgan fingerprint density at radius 3 is 1.71 bits per heavy atom. The van der Waals surface area contributed by atoms with Crippen molar-refractivity contribution in [2.75, 3.05) is 13.2 Å². The van der Waals surface area contributed by atoms with E-state index in [9.17, 15) is 19.5 Å². The van der Waals surface area contributed by atoms with Crippen LogP contribution in [0.5, 0.6) is 0 Å². The van der Waals surface area contributed by atoms with Crippen LogP contribution in [0.2, 0.25) is 0 Å². The van der Waals surface area contributed by atoms with Crippen molar-refractivity contribution in [2.24, 2.45) is 0 Å². The van der Waals surface area contributed by atoms with Crippen molar-refractivity contribution in [1.29, 1.82) is 0 Å². The van der Waals surface area contributed by atoms with E-state index >= 15 is 0 Å². The number of unbranched alkanes of at least 4 members (excludes halogenated alkanes) is 15. The van der Waals surface area contributed by atoms with Crippen LogP contribution in [-0.2, 0) is 23.9 Å². The first kappa shape index (κ1) is 42.5. The van der Waals surface area contributed by atoms with Gasteiger partial charge in [0.05, 0.1) is 6.61 Å². The van der Waals surface area contributed by atoms with Gasteiger partial charge in [-0.2, -0.15) is 0 Å². The molecule has 0 aliphatic rings. The standard InChI is InChI=1S/C39H66O6/c1-3-5-7-8-9-10-11-12-15-18-21-24-28-32-38(42)44-35-37(34-40)45-39(43)33-29-25-22-19-16-13-14-17-20-23-27-31-36(41)30-26-6-4-2/h13-14,19-20,22-23,27,31,37,40H,3-12,15-18,21,24-26,28-30,32-35H2,1-2H3/b14-13-,22-19-,23-20-,31-27+/t37-/m0/s1. The van der Waals surface area contributed by atoms with Crippen molar-refractivity contribution in [3.05, 3.63) is 48.6 Å². The van der Waals surface area contributed by atoms with Crippen LogP contribution in [0.3, 0.4) is 0 Å². The predicted octanol–water partition coefficient (Wildman–Crippen LogP) is 10.2. The van der Waals surface area contributed by atoms with Crippen LogP contribution in [0.15, 0.2) is 48.6 Å². The van der Waals surface area contributed by atoms with Crippen LogP contribution >= 0.6 is 0 Å². The number of aliphatic hydroxyl groups excluding tert-OH is 1. The summed E-state index contributed by atoms with van der Waals surface area (Å²) in [6, 6.07) is 0. The molecule has 0 aromatic heterocycles. The summed E-state index contributed by atoms with van der Waals surface area (Å²) in [4.78, 5) is 35.8. The minimum Gasteiger partial charge on any atom is -0.462 e. The van der Waals surface area contributed by atoms with Gasteiger partial charge in [0.1, 0.15) is 6.61 Å². The highest BCUT2D eigenvalue weighted by molar-refractivity contribution is 5.89. The molecule has 0 unspecified atom stereocenters. The molecule has 0 aromatic rings. The van der Waals surface area contributed by atoms with E-state index < -0.39 is 12.1 Å². The highest BCUT2D eigenvalue weighted by atomic mass is 16.6. The molecule has 0 rings (SSSR count). The van der Waals surface area contributed by atoms with Crippen molar-refractivity contribution in [3.63, 3.8) is 0 Å². The maximum absolute atomic E-state index is 12.1. The highest BCUT2D eigenvalue weighted by Gasteiger charge is 2.15. The van der Waals surface area contributed by atoms with E-state index in [4.69, 9.17) is 9.47 Å². The lowest BCUT2D eigenvalue weighted by atomic mass is 10.0. The zero-order valence-corrected chi connectivity index (χ0v) is 28.9. The molecule has 0 saturated carbocycles. The van der Waals surface area contributed by atoms with E-state index in [2.05, 4.69) is 32.1 Å². The molecule has 45 heavy (non-hydrogen) atoms. The maximum Gasteiger partial charge on any atom is 0.306 e. The molecule has 0 fully saturated rings. The number of ketones is 1. The predicted molar refractivity (Wildman–Crippen MR) is 187 cm³/mol. The zero-order chi connectivity index (χ0) is 33.1. The van der Waals surface area contributed by atoms with E-state index in [0.717, 1.165) is 57.8 Å².